The molecule has 0 saturated carbocycles. The van der Waals surface area contributed by atoms with Gasteiger partial charge in [0.15, 0.2) is 17.8 Å². The van der Waals surface area contributed by atoms with Gasteiger partial charge in [-0.25, -0.2) is 5.01 Å². The Labute approximate surface area is 216 Å². The molecule has 0 aromatic heterocycles. The van der Waals surface area contributed by atoms with Crippen LogP contribution in [-0.2, 0) is 9.53 Å². The molecule has 3 aromatic rings. The van der Waals surface area contributed by atoms with Crippen LogP contribution in [0.4, 0.5) is 17.1 Å². The maximum absolute atomic E-state index is 12.9. The lowest BCUT2D eigenvalue weighted by Gasteiger charge is -2.34. The normalized spacial score (nSPS) is 17.8. The Kier molecular flexibility index (Phi) is 6.85. The van der Waals surface area contributed by atoms with Crippen LogP contribution >= 0.6 is 11.6 Å². The zero-order valence-electron chi connectivity index (χ0n) is 20.6. The fraction of sp³-hybridized carbons (Fsp3) is 0.286. The fourth-order valence-corrected chi connectivity index (χ4v) is 4.98. The average Bonchev–Trinajstić information content (AvgIpc) is 3.30. The number of hydrogen-bond acceptors (Lipinski definition) is 7. The van der Waals surface area contributed by atoms with Crippen LogP contribution in [0.15, 0.2) is 71.8 Å². The van der Waals surface area contributed by atoms with Gasteiger partial charge in [0, 0.05) is 31.3 Å². The molecule has 36 heavy (non-hydrogen) atoms. The second-order valence-corrected chi connectivity index (χ2v) is 9.29. The highest BCUT2D eigenvalue weighted by Gasteiger charge is 2.40. The van der Waals surface area contributed by atoms with Gasteiger partial charge in [0.1, 0.15) is 5.75 Å². The maximum atomic E-state index is 12.9. The van der Waals surface area contributed by atoms with E-state index in [-0.39, 0.29) is 5.78 Å². The minimum absolute atomic E-state index is 0.141. The summed E-state index contributed by atoms with van der Waals surface area (Å²) in [5.41, 5.74) is 4.62. The zero-order valence-corrected chi connectivity index (χ0v) is 21.4. The standard InChI is InChI=1S/C28H29ClN4O3/c1-19-8-10-21(11-9-19)33-28(23-6-4-5-7-26(23)35-3)32(27(30-33)20(2)34)22-12-13-25(24(29)18-22)31-14-16-36-17-15-31/h4-13,18,28H,14-17H2,1-3H3. The Morgan fingerprint density at radius 1 is 1.03 bits per heavy atom. The van der Waals surface area contributed by atoms with Crippen LogP contribution in [0.5, 0.6) is 5.75 Å². The topological polar surface area (TPSA) is 57.6 Å². The zero-order chi connectivity index (χ0) is 25.2. The van der Waals surface area contributed by atoms with Crippen molar-refractivity contribution in [3.63, 3.8) is 0 Å². The lowest BCUT2D eigenvalue weighted by molar-refractivity contribution is -0.111. The summed E-state index contributed by atoms with van der Waals surface area (Å²) in [6.07, 6.45) is -0.451. The SMILES string of the molecule is COc1ccccc1C1N(c2ccc(C)cc2)N=C(C(C)=O)N1c1ccc(N2CCOCC2)c(Cl)c1. The number of morpholine rings is 1. The van der Waals surface area contributed by atoms with Crippen LogP contribution < -0.4 is 19.5 Å². The molecule has 2 heterocycles. The van der Waals surface area contributed by atoms with Crippen molar-refractivity contribution in [1.82, 2.24) is 0 Å². The number of ketones is 1. The lowest BCUT2D eigenvalue weighted by Crippen LogP contribution is -2.38. The Bertz CT molecular complexity index is 1290. The summed E-state index contributed by atoms with van der Waals surface area (Å²) < 4.78 is 11.2. The molecule has 2 aliphatic heterocycles. The number of amidine groups is 1. The highest BCUT2D eigenvalue weighted by atomic mass is 35.5. The molecule has 0 bridgehead atoms. The summed E-state index contributed by atoms with van der Waals surface area (Å²) in [5, 5.41) is 7.31. The molecule has 3 aromatic carbocycles. The predicted molar refractivity (Wildman–Crippen MR) is 144 cm³/mol. The molecule has 8 heteroatoms. The van der Waals surface area contributed by atoms with Gasteiger partial charge in [-0.15, -0.1) is 5.10 Å². The predicted octanol–water partition coefficient (Wildman–Crippen LogP) is 5.42. The lowest BCUT2D eigenvalue weighted by atomic mass is 10.1. The van der Waals surface area contributed by atoms with Gasteiger partial charge in [0.25, 0.3) is 0 Å². The molecule has 2 aliphatic rings. The van der Waals surface area contributed by atoms with E-state index in [1.165, 1.54) is 6.92 Å². The Morgan fingerprint density at radius 3 is 2.39 bits per heavy atom. The van der Waals surface area contributed by atoms with Gasteiger partial charge in [-0.05, 0) is 43.3 Å². The number of nitrogens with zero attached hydrogens (tertiary/aromatic N) is 4. The van der Waals surface area contributed by atoms with E-state index >= 15 is 0 Å². The number of hydrazone groups is 1. The molecule has 1 atom stereocenters. The number of rotatable bonds is 6. The molecule has 1 unspecified atom stereocenters. The molecule has 0 spiro atoms. The van der Waals surface area contributed by atoms with Gasteiger partial charge >= 0.3 is 0 Å². The van der Waals surface area contributed by atoms with Gasteiger partial charge < -0.3 is 14.4 Å². The van der Waals surface area contributed by atoms with Crippen LogP contribution in [0.3, 0.4) is 0 Å². The van der Waals surface area contributed by atoms with E-state index in [0.717, 1.165) is 41.3 Å². The van der Waals surface area contributed by atoms with Gasteiger partial charge in [0.05, 0.1) is 36.7 Å². The third-order valence-electron chi connectivity index (χ3n) is 6.50. The Morgan fingerprint density at radius 2 is 1.72 bits per heavy atom. The fourth-order valence-electron chi connectivity index (χ4n) is 4.69. The van der Waals surface area contributed by atoms with Crippen molar-refractivity contribution >= 4 is 40.3 Å². The highest BCUT2D eigenvalue weighted by molar-refractivity contribution is 6.44. The minimum Gasteiger partial charge on any atom is -0.496 e. The average molecular weight is 505 g/mol. The number of ether oxygens (including phenoxy) is 2. The first-order valence-corrected chi connectivity index (χ1v) is 12.4. The number of halogens is 1. The first kappa shape index (κ1) is 24.2. The molecule has 186 valence electrons. The Hall–Kier alpha value is -3.55. The molecule has 0 aliphatic carbocycles. The van der Waals surface area contributed by atoms with Crippen LogP contribution in [0.1, 0.15) is 24.2 Å². The quantitative estimate of drug-likeness (QED) is 0.446. The first-order chi connectivity index (χ1) is 17.5. The van der Waals surface area contributed by atoms with Crippen molar-refractivity contribution in [2.24, 2.45) is 5.10 Å². The van der Waals surface area contributed by atoms with E-state index in [2.05, 4.69) is 4.90 Å². The molecule has 7 nitrogen and oxygen atoms in total. The number of carbonyl (C=O) groups is 1. The third kappa shape index (κ3) is 4.52. The molecule has 0 radical (unpaired) electrons. The molecular formula is C28H29ClN4O3. The molecule has 5 rings (SSSR count). The number of methoxy groups -OCH3 is 1. The van der Waals surface area contributed by atoms with E-state index in [0.29, 0.717) is 29.8 Å². The summed E-state index contributed by atoms with van der Waals surface area (Å²) in [6.45, 7) is 6.49. The van der Waals surface area contributed by atoms with Crippen LogP contribution in [0.25, 0.3) is 0 Å². The minimum atomic E-state index is -0.451. The first-order valence-electron chi connectivity index (χ1n) is 12.0. The number of anilines is 3. The van der Waals surface area contributed by atoms with Crippen LogP contribution in [0.2, 0.25) is 5.02 Å². The summed E-state index contributed by atoms with van der Waals surface area (Å²) >= 11 is 6.82. The monoisotopic (exact) mass is 504 g/mol. The van der Waals surface area contributed by atoms with Gasteiger partial charge in [0.2, 0.25) is 0 Å². The second-order valence-electron chi connectivity index (χ2n) is 8.88. The Balaban J connectivity index is 1.64. The maximum Gasteiger partial charge on any atom is 0.198 e. The number of Topliss-reactive ketones (excluding diaryl/α,β-unsaturated/α-hetero) is 1. The van der Waals surface area contributed by atoms with Crippen molar-refractivity contribution < 1.29 is 14.3 Å². The molecule has 0 N–H and O–H groups in total. The second kappa shape index (κ2) is 10.2. The summed E-state index contributed by atoms with van der Waals surface area (Å²) in [5.74, 6) is 0.903. The van der Waals surface area contributed by atoms with E-state index in [1.807, 2.05) is 83.6 Å². The van der Waals surface area contributed by atoms with Crippen molar-refractivity contribution in [3.05, 3.63) is 82.9 Å². The molecular weight excluding hydrogens is 476 g/mol. The third-order valence-corrected chi connectivity index (χ3v) is 6.80. The summed E-state index contributed by atoms with van der Waals surface area (Å²) in [6, 6.07) is 21.8. The van der Waals surface area contributed by atoms with Crippen molar-refractivity contribution in [2.75, 3.05) is 48.2 Å². The van der Waals surface area contributed by atoms with E-state index < -0.39 is 6.17 Å². The van der Waals surface area contributed by atoms with Crippen LogP contribution in [0, 0.1) is 6.92 Å². The van der Waals surface area contributed by atoms with Gasteiger partial charge in [-0.2, -0.15) is 0 Å². The largest absolute Gasteiger partial charge is 0.496 e. The molecule has 0 amide bonds. The molecule has 1 saturated heterocycles. The van der Waals surface area contributed by atoms with E-state index in [1.54, 1.807) is 7.11 Å². The van der Waals surface area contributed by atoms with E-state index in [9.17, 15) is 4.79 Å². The smallest absolute Gasteiger partial charge is 0.198 e. The highest BCUT2D eigenvalue weighted by Crippen LogP contribution is 2.43. The van der Waals surface area contributed by atoms with Crippen LogP contribution in [-0.4, -0.2) is 45.0 Å². The number of benzene rings is 3. The van der Waals surface area contributed by atoms with Crippen molar-refractivity contribution in [3.8, 4) is 5.75 Å². The van der Waals surface area contributed by atoms with Gasteiger partial charge in [-0.1, -0.05) is 47.5 Å². The van der Waals surface area contributed by atoms with Gasteiger partial charge in [-0.3, -0.25) is 9.69 Å². The number of carbonyl (C=O) groups excluding carboxylic acids is 1. The number of aryl methyl sites for hydroxylation is 1. The molecule has 1 fully saturated rings. The van der Waals surface area contributed by atoms with E-state index in [4.69, 9.17) is 26.2 Å². The number of para-hydroxylation sites is 1. The van der Waals surface area contributed by atoms with Crippen molar-refractivity contribution in [2.45, 2.75) is 20.0 Å². The number of hydrogen-bond donors (Lipinski definition) is 0. The summed E-state index contributed by atoms with van der Waals surface area (Å²) in [7, 11) is 1.65. The van der Waals surface area contributed by atoms with Crippen molar-refractivity contribution in [1.29, 1.82) is 0 Å². The summed E-state index contributed by atoms with van der Waals surface area (Å²) in [4.78, 5) is 17.1.